The van der Waals surface area contributed by atoms with Gasteiger partial charge in [0.05, 0.1) is 5.75 Å². The summed E-state index contributed by atoms with van der Waals surface area (Å²) in [6.45, 7) is 3.66. The van der Waals surface area contributed by atoms with Crippen molar-refractivity contribution in [1.29, 1.82) is 0 Å². The van der Waals surface area contributed by atoms with Gasteiger partial charge in [0.2, 0.25) is 10.0 Å². The number of carboxylic acids is 1. The zero-order chi connectivity index (χ0) is 11.5. The standard InChI is InChI=1S/C9H15NO4S/c1-2-7-15(13,14)10-6-4-3-5-8(10)9(11)12/h2,8H,1,3-7H2,(H,11,12). The minimum absolute atomic E-state index is 0.198. The molecule has 1 aliphatic rings. The maximum absolute atomic E-state index is 11.7. The smallest absolute Gasteiger partial charge is 0.322 e. The fourth-order valence-corrected chi connectivity index (χ4v) is 3.21. The number of carboxylic acid groups (broad SMARTS) is 1. The summed E-state index contributed by atoms with van der Waals surface area (Å²) in [6, 6.07) is -0.899. The Morgan fingerprint density at radius 2 is 2.20 bits per heavy atom. The number of nitrogens with zero attached hydrogens (tertiary/aromatic N) is 1. The molecule has 0 radical (unpaired) electrons. The number of carbonyl (C=O) groups is 1. The molecular weight excluding hydrogens is 218 g/mol. The lowest BCUT2D eigenvalue weighted by Gasteiger charge is -2.31. The molecule has 1 rings (SSSR count). The molecule has 0 aromatic rings. The highest BCUT2D eigenvalue weighted by Gasteiger charge is 2.35. The SMILES string of the molecule is C=CCS(=O)(=O)N1CCCCC1C(=O)O. The largest absolute Gasteiger partial charge is 0.480 e. The zero-order valence-corrected chi connectivity index (χ0v) is 9.24. The lowest BCUT2D eigenvalue weighted by Crippen LogP contribution is -2.48. The number of sulfonamides is 1. The third-order valence-electron chi connectivity index (χ3n) is 2.42. The van der Waals surface area contributed by atoms with Gasteiger partial charge in [0.25, 0.3) is 0 Å². The van der Waals surface area contributed by atoms with E-state index in [1.165, 1.54) is 6.08 Å². The van der Waals surface area contributed by atoms with Crippen molar-refractivity contribution in [2.45, 2.75) is 25.3 Å². The van der Waals surface area contributed by atoms with Gasteiger partial charge in [-0.05, 0) is 19.3 Å². The van der Waals surface area contributed by atoms with Gasteiger partial charge in [-0.2, -0.15) is 4.31 Å². The first-order chi connectivity index (χ1) is 6.99. The second-order valence-electron chi connectivity index (χ2n) is 3.53. The first-order valence-corrected chi connectivity index (χ1v) is 6.43. The van der Waals surface area contributed by atoms with Crippen LogP contribution < -0.4 is 0 Å². The second kappa shape index (κ2) is 4.76. The summed E-state index contributed by atoms with van der Waals surface area (Å²) >= 11 is 0. The summed E-state index contributed by atoms with van der Waals surface area (Å²) in [5, 5.41) is 8.91. The van der Waals surface area contributed by atoms with Crippen LogP contribution in [0.15, 0.2) is 12.7 Å². The Bertz CT molecular complexity index is 349. The van der Waals surface area contributed by atoms with Crippen LogP contribution in [-0.2, 0) is 14.8 Å². The van der Waals surface area contributed by atoms with Crippen LogP contribution in [0.4, 0.5) is 0 Å². The molecule has 0 spiro atoms. The van der Waals surface area contributed by atoms with Gasteiger partial charge >= 0.3 is 5.97 Å². The summed E-state index contributed by atoms with van der Waals surface area (Å²) in [7, 11) is -3.49. The molecule has 1 heterocycles. The summed E-state index contributed by atoms with van der Waals surface area (Å²) in [5.74, 6) is -1.26. The fourth-order valence-electron chi connectivity index (χ4n) is 1.73. The highest BCUT2D eigenvalue weighted by atomic mass is 32.2. The number of aliphatic carboxylic acids is 1. The van der Waals surface area contributed by atoms with E-state index in [0.717, 1.165) is 17.1 Å². The minimum Gasteiger partial charge on any atom is -0.480 e. The van der Waals surface area contributed by atoms with Crippen molar-refractivity contribution in [1.82, 2.24) is 4.31 Å². The van der Waals surface area contributed by atoms with E-state index in [2.05, 4.69) is 6.58 Å². The highest BCUT2D eigenvalue weighted by Crippen LogP contribution is 2.20. The Hall–Kier alpha value is -0.880. The summed E-state index contributed by atoms with van der Waals surface area (Å²) < 4.78 is 24.5. The Morgan fingerprint density at radius 3 is 2.73 bits per heavy atom. The molecule has 0 saturated carbocycles. The quantitative estimate of drug-likeness (QED) is 0.715. The van der Waals surface area contributed by atoms with Crippen LogP contribution in [0.25, 0.3) is 0 Å². The first-order valence-electron chi connectivity index (χ1n) is 4.82. The van der Waals surface area contributed by atoms with Crippen LogP contribution in [0.3, 0.4) is 0 Å². The maximum Gasteiger partial charge on any atom is 0.322 e. The molecule has 0 amide bonds. The van der Waals surface area contributed by atoms with E-state index in [1.807, 2.05) is 0 Å². The molecule has 15 heavy (non-hydrogen) atoms. The van der Waals surface area contributed by atoms with Crippen LogP contribution in [0.1, 0.15) is 19.3 Å². The summed E-state index contributed by atoms with van der Waals surface area (Å²) in [6.07, 6.45) is 3.16. The van der Waals surface area contributed by atoms with Crippen molar-refractivity contribution in [3.8, 4) is 0 Å². The van der Waals surface area contributed by atoms with Gasteiger partial charge in [-0.3, -0.25) is 4.79 Å². The van der Waals surface area contributed by atoms with E-state index in [-0.39, 0.29) is 5.75 Å². The molecule has 86 valence electrons. The van der Waals surface area contributed by atoms with Gasteiger partial charge in [0.1, 0.15) is 6.04 Å². The topological polar surface area (TPSA) is 74.7 Å². The van der Waals surface area contributed by atoms with Gasteiger partial charge in [0.15, 0.2) is 0 Å². The Balaban J connectivity index is 2.89. The molecule has 1 unspecified atom stereocenters. The fraction of sp³-hybridized carbons (Fsp3) is 0.667. The van der Waals surface area contributed by atoms with Crippen molar-refractivity contribution in [3.63, 3.8) is 0 Å². The number of hydrogen-bond acceptors (Lipinski definition) is 3. The molecule has 0 bridgehead atoms. The molecule has 1 N–H and O–H groups in total. The Morgan fingerprint density at radius 1 is 1.53 bits per heavy atom. The number of hydrogen-bond donors (Lipinski definition) is 1. The molecule has 1 saturated heterocycles. The Kier molecular flexibility index (Phi) is 3.87. The molecule has 5 nitrogen and oxygen atoms in total. The average molecular weight is 233 g/mol. The van der Waals surface area contributed by atoms with Gasteiger partial charge in [0, 0.05) is 6.54 Å². The molecular formula is C9H15NO4S. The predicted molar refractivity (Wildman–Crippen MR) is 56.0 cm³/mol. The van der Waals surface area contributed by atoms with E-state index in [9.17, 15) is 13.2 Å². The summed E-state index contributed by atoms with van der Waals surface area (Å²) in [5.41, 5.74) is 0. The average Bonchev–Trinajstić information content (AvgIpc) is 2.17. The lowest BCUT2D eigenvalue weighted by atomic mass is 10.1. The maximum atomic E-state index is 11.7. The van der Waals surface area contributed by atoms with E-state index in [0.29, 0.717) is 13.0 Å². The zero-order valence-electron chi connectivity index (χ0n) is 8.42. The van der Waals surface area contributed by atoms with Crippen LogP contribution in [0.5, 0.6) is 0 Å². The van der Waals surface area contributed by atoms with Crippen molar-refractivity contribution in [3.05, 3.63) is 12.7 Å². The van der Waals surface area contributed by atoms with Gasteiger partial charge in [-0.15, -0.1) is 6.58 Å². The lowest BCUT2D eigenvalue weighted by molar-refractivity contribution is -0.142. The normalized spacial score (nSPS) is 23.6. The molecule has 0 aromatic carbocycles. The van der Waals surface area contributed by atoms with E-state index in [1.54, 1.807) is 0 Å². The third-order valence-corrected chi connectivity index (χ3v) is 4.23. The van der Waals surface area contributed by atoms with E-state index in [4.69, 9.17) is 5.11 Å². The van der Waals surface area contributed by atoms with E-state index < -0.39 is 22.0 Å². The second-order valence-corrected chi connectivity index (χ2v) is 5.49. The van der Waals surface area contributed by atoms with Gasteiger partial charge in [-0.25, -0.2) is 8.42 Å². The predicted octanol–water partition coefficient (Wildman–Crippen LogP) is 0.441. The summed E-state index contributed by atoms with van der Waals surface area (Å²) in [4.78, 5) is 10.9. The minimum atomic E-state index is -3.49. The van der Waals surface area contributed by atoms with Crippen LogP contribution >= 0.6 is 0 Å². The van der Waals surface area contributed by atoms with E-state index >= 15 is 0 Å². The third kappa shape index (κ3) is 2.79. The molecule has 1 atom stereocenters. The monoisotopic (exact) mass is 233 g/mol. The molecule has 0 aromatic heterocycles. The van der Waals surface area contributed by atoms with Crippen LogP contribution in [0.2, 0.25) is 0 Å². The molecule has 1 aliphatic heterocycles. The molecule has 6 heteroatoms. The highest BCUT2D eigenvalue weighted by molar-refractivity contribution is 7.89. The van der Waals surface area contributed by atoms with Crippen molar-refractivity contribution < 1.29 is 18.3 Å². The van der Waals surface area contributed by atoms with Crippen LogP contribution in [-0.4, -0.2) is 42.1 Å². The number of piperidine rings is 1. The first kappa shape index (κ1) is 12.2. The molecule has 0 aliphatic carbocycles. The van der Waals surface area contributed by atoms with Crippen molar-refractivity contribution in [2.24, 2.45) is 0 Å². The Labute approximate surface area is 89.4 Å². The number of rotatable bonds is 4. The van der Waals surface area contributed by atoms with Crippen LogP contribution in [0, 0.1) is 0 Å². The van der Waals surface area contributed by atoms with Gasteiger partial charge < -0.3 is 5.11 Å². The van der Waals surface area contributed by atoms with Crippen molar-refractivity contribution >= 4 is 16.0 Å². The van der Waals surface area contributed by atoms with Gasteiger partial charge in [-0.1, -0.05) is 6.08 Å². The van der Waals surface area contributed by atoms with Crippen molar-refractivity contribution in [2.75, 3.05) is 12.3 Å². The molecule has 1 fully saturated rings.